The number of amides is 1. The maximum Gasteiger partial charge on any atom is 0.410 e. The van der Waals surface area contributed by atoms with Gasteiger partial charge in [-0.25, -0.2) is 18.6 Å². The average molecular weight is 487 g/mol. The van der Waals surface area contributed by atoms with Crippen molar-refractivity contribution in [3.8, 4) is 16.3 Å². The van der Waals surface area contributed by atoms with Gasteiger partial charge in [-0.15, -0.1) is 11.3 Å². The number of carbonyl (C=O) groups excluding carboxylic acids is 1. The van der Waals surface area contributed by atoms with Crippen LogP contribution in [0, 0.1) is 11.6 Å². The van der Waals surface area contributed by atoms with Gasteiger partial charge in [-0.2, -0.15) is 0 Å². The van der Waals surface area contributed by atoms with Gasteiger partial charge in [0.1, 0.15) is 34.6 Å². The van der Waals surface area contributed by atoms with E-state index in [9.17, 15) is 13.6 Å². The predicted molar refractivity (Wildman–Crippen MR) is 128 cm³/mol. The fraction of sp³-hybridized carbons (Fsp3) is 0.385. The van der Waals surface area contributed by atoms with Crippen LogP contribution in [-0.4, -0.2) is 34.7 Å². The van der Waals surface area contributed by atoms with Gasteiger partial charge < -0.3 is 14.4 Å². The van der Waals surface area contributed by atoms with Crippen molar-refractivity contribution < 1.29 is 23.0 Å². The molecule has 1 aromatic heterocycles. The quantitative estimate of drug-likeness (QED) is 0.399. The molecular formula is C26H28F2N2O3S. The topological polar surface area (TPSA) is 51.7 Å². The van der Waals surface area contributed by atoms with Crippen LogP contribution in [0.2, 0.25) is 0 Å². The van der Waals surface area contributed by atoms with E-state index in [-0.39, 0.29) is 24.2 Å². The van der Waals surface area contributed by atoms with Crippen molar-refractivity contribution in [2.75, 3.05) is 13.1 Å². The highest BCUT2D eigenvalue weighted by atomic mass is 32.1. The molecule has 8 heteroatoms. The highest BCUT2D eigenvalue weighted by Gasteiger charge is 2.28. The van der Waals surface area contributed by atoms with Crippen LogP contribution in [0.15, 0.2) is 47.8 Å². The van der Waals surface area contributed by atoms with Crippen LogP contribution in [0.3, 0.4) is 0 Å². The molecule has 180 valence electrons. The van der Waals surface area contributed by atoms with Gasteiger partial charge in [0.25, 0.3) is 0 Å². The number of benzene rings is 2. The van der Waals surface area contributed by atoms with Crippen LogP contribution < -0.4 is 4.74 Å². The Bertz CT molecular complexity index is 1150. The van der Waals surface area contributed by atoms with Crippen LogP contribution in [0.1, 0.15) is 50.8 Å². The summed E-state index contributed by atoms with van der Waals surface area (Å²) in [4.78, 5) is 18.9. The predicted octanol–water partition coefficient (Wildman–Crippen LogP) is 6.78. The average Bonchev–Trinajstić information content (AvgIpc) is 3.28. The zero-order valence-corrected chi connectivity index (χ0v) is 20.3. The number of ether oxygens (including phenoxy) is 2. The molecule has 2 heterocycles. The number of nitrogens with zero attached hydrogens (tertiary/aromatic N) is 2. The number of hydrogen-bond donors (Lipinski definition) is 0. The Balaban J connectivity index is 1.41. The SMILES string of the molecule is CC(C)(C)OC(=O)N1CCC(c2csc(-c3ccccc3OCc3ccc(F)cc3F)n2)CC1. The molecule has 1 amide bonds. The molecule has 0 N–H and O–H groups in total. The van der Waals surface area contributed by atoms with Gasteiger partial charge in [-0.05, 0) is 57.9 Å². The minimum Gasteiger partial charge on any atom is -0.488 e. The second-order valence-corrected chi connectivity index (χ2v) is 10.2. The third-order valence-electron chi connectivity index (χ3n) is 5.60. The Morgan fingerprint density at radius 1 is 1.15 bits per heavy atom. The maximum atomic E-state index is 14.0. The summed E-state index contributed by atoms with van der Waals surface area (Å²) in [5.74, 6) is -0.391. The molecule has 3 aromatic rings. The highest BCUT2D eigenvalue weighted by molar-refractivity contribution is 7.13. The number of hydrogen-bond acceptors (Lipinski definition) is 5. The van der Waals surface area contributed by atoms with Crippen LogP contribution in [-0.2, 0) is 11.3 Å². The second kappa shape index (κ2) is 10.1. The van der Waals surface area contributed by atoms with E-state index in [1.807, 2.05) is 45.0 Å². The van der Waals surface area contributed by atoms with Crippen LogP contribution in [0.4, 0.5) is 13.6 Å². The van der Waals surface area contributed by atoms with Crippen molar-refractivity contribution in [2.45, 2.75) is 51.7 Å². The van der Waals surface area contributed by atoms with Crippen molar-refractivity contribution in [3.63, 3.8) is 0 Å². The summed E-state index contributed by atoms with van der Waals surface area (Å²) in [5.41, 5.74) is 1.61. The first-order valence-electron chi connectivity index (χ1n) is 11.3. The van der Waals surface area contributed by atoms with Crippen molar-refractivity contribution in [1.82, 2.24) is 9.88 Å². The molecule has 0 aliphatic carbocycles. The normalized spacial score (nSPS) is 14.8. The number of para-hydroxylation sites is 1. The lowest BCUT2D eigenvalue weighted by atomic mass is 9.94. The van der Waals surface area contributed by atoms with Gasteiger partial charge in [0.2, 0.25) is 0 Å². The molecule has 0 bridgehead atoms. The Hall–Kier alpha value is -3.00. The van der Waals surface area contributed by atoms with E-state index < -0.39 is 17.2 Å². The van der Waals surface area contributed by atoms with Crippen LogP contribution >= 0.6 is 11.3 Å². The zero-order chi connectivity index (χ0) is 24.3. The minimum absolute atomic E-state index is 0.00944. The summed E-state index contributed by atoms with van der Waals surface area (Å²) < 4.78 is 38.5. The number of likely N-dealkylation sites (tertiary alicyclic amines) is 1. The molecule has 0 spiro atoms. The standard InChI is InChI=1S/C26H28F2N2O3S/c1-26(2,3)33-25(31)30-12-10-17(11-13-30)22-16-34-24(29-22)20-6-4-5-7-23(20)32-15-18-8-9-19(27)14-21(18)28/h4-9,14,16-17H,10-13,15H2,1-3H3. The number of thiazole rings is 1. The van der Waals surface area contributed by atoms with Gasteiger partial charge >= 0.3 is 6.09 Å². The molecule has 4 rings (SSSR count). The Morgan fingerprint density at radius 2 is 1.88 bits per heavy atom. The smallest absolute Gasteiger partial charge is 0.410 e. The Labute approximate surface area is 202 Å². The van der Waals surface area contributed by atoms with Crippen molar-refractivity contribution in [3.05, 3.63) is 70.7 Å². The molecule has 1 aliphatic rings. The van der Waals surface area contributed by atoms with Gasteiger partial charge in [-0.3, -0.25) is 0 Å². The second-order valence-electron chi connectivity index (χ2n) is 9.34. The summed E-state index contributed by atoms with van der Waals surface area (Å²) in [6.45, 7) is 6.86. The fourth-order valence-electron chi connectivity index (χ4n) is 3.85. The van der Waals surface area contributed by atoms with E-state index >= 15 is 0 Å². The number of aromatic nitrogens is 1. The van der Waals surface area contributed by atoms with Gasteiger partial charge in [0.05, 0.1) is 11.3 Å². The first-order valence-corrected chi connectivity index (χ1v) is 12.2. The first kappa shape index (κ1) is 24.1. The molecule has 5 nitrogen and oxygen atoms in total. The minimum atomic E-state index is -0.633. The molecule has 0 saturated carbocycles. The molecule has 1 fully saturated rings. The van der Waals surface area contributed by atoms with E-state index in [1.54, 1.807) is 4.90 Å². The first-order chi connectivity index (χ1) is 16.2. The van der Waals surface area contributed by atoms with Crippen molar-refractivity contribution >= 4 is 17.4 Å². The fourth-order valence-corrected chi connectivity index (χ4v) is 4.78. The summed E-state index contributed by atoms with van der Waals surface area (Å²) >= 11 is 1.53. The van der Waals surface area contributed by atoms with Crippen molar-refractivity contribution in [2.24, 2.45) is 0 Å². The summed E-state index contributed by atoms with van der Waals surface area (Å²) in [6.07, 6.45) is 1.38. The monoisotopic (exact) mass is 486 g/mol. The van der Waals surface area contributed by atoms with Crippen LogP contribution in [0.5, 0.6) is 5.75 Å². The molecule has 0 unspecified atom stereocenters. The van der Waals surface area contributed by atoms with Gasteiger partial charge in [0.15, 0.2) is 0 Å². The summed E-state index contributed by atoms with van der Waals surface area (Å²) in [7, 11) is 0. The Morgan fingerprint density at radius 3 is 2.59 bits per heavy atom. The lowest BCUT2D eigenvalue weighted by Crippen LogP contribution is -2.41. The highest BCUT2D eigenvalue weighted by Crippen LogP contribution is 2.36. The third kappa shape index (κ3) is 5.91. The van der Waals surface area contributed by atoms with Crippen molar-refractivity contribution in [1.29, 1.82) is 0 Å². The molecule has 1 aliphatic heterocycles. The molecular weight excluding hydrogens is 458 g/mol. The lowest BCUT2D eigenvalue weighted by Gasteiger charge is -2.32. The molecule has 1 saturated heterocycles. The lowest BCUT2D eigenvalue weighted by molar-refractivity contribution is 0.0204. The largest absolute Gasteiger partial charge is 0.488 e. The van der Waals surface area contributed by atoms with Gasteiger partial charge in [-0.1, -0.05) is 12.1 Å². The molecule has 0 atom stereocenters. The Kier molecular flexibility index (Phi) is 7.16. The van der Waals surface area contributed by atoms with E-state index in [0.29, 0.717) is 18.8 Å². The van der Waals surface area contributed by atoms with E-state index in [0.717, 1.165) is 35.2 Å². The number of halogens is 2. The maximum absolute atomic E-state index is 14.0. The molecule has 0 radical (unpaired) electrons. The number of carbonyl (C=O) groups is 1. The zero-order valence-electron chi connectivity index (χ0n) is 19.5. The van der Waals surface area contributed by atoms with E-state index in [2.05, 4.69) is 5.38 Å². The number of piperidine rings is 1. The summed E-state index contributed by atoms with van der Waals surface area (Å²) in [6, 6.07) is 10.9. The van der Waals surface area contributed by atoms with E-state index in [1.165, 1.54) is 23.5 Å². The van der Waals surface area contributed by atoms with E-state index in [4.69, 9.17) is 14.5 Å². The van der Waals surface area contributed by atoms with Crippen LogP contribution in [0.25, 0.3) is 10.6 Å². The summed E-state index contributed by atoms with van der Waals surface area (Å²) in [5, 5.41) is 2.87. The van der Waals surface area contributed by atoms with Gasteiger partial charge in [0, 0.05) is 36.0 Å². The third-order valence-corrected chi connectivity index (χ3v) is 6.50. The number of rotatable bonds is 5. The molecule has 2 aromatic carbocycles. The molecule has 34 heavy (non-hydrogen) atoms.